The number of aryl methyl sites for hydroxylation is 2. The minimum atomic E-state index is -4.51. The van der Waals surface area contributed by atoms with E-state index in [1.54, 1.807) is 13.8 Å². The lowest BCUT2D eigenvalue weighted by atomic mass is 10.1. The molecule has 0 aliphatic carbocycles. The van der Waals surface area contributed by atoms with Gasteiger partial charge in [0.15, 0.2) is 0 Å². The quantitative estimate of drug-likeness (QED) is 0.691. The zero-order valence-electron chi connectivity index (χ0n) is 16.3. The van der Waals surface area contributed by atoms with Crippen LogP contribution in [0.25, 0.3) is 11.1 Å². The maximum atomic E-state index is 13.0. The normalized spacial score (nSPS) is 14.9. The van der Waals surface area contributed by atoms with Gasteiger partial charge in [0.05, 0.1) is 29.7 Å². The SMILES string of the molecule is Cc1nc(N2CCOCC2)c2c(C(=O)Nc3cccc(C(F)(F)F)c3)c(C)oc2n1. The van der Waals surface area contributed by atoms with Gasteiger partial charge < -0.3 is 19.4 Å². The Balaban J connectivity index is 1.75. The Hall–Kier alpha value is -3.14. The number of carbonyl (C=O) groups excluding carboxylic acids is 1. The first-order valence-corrected chi connectivity index (χ1v) is 9.33. The summed E-state index contributed by atoms with van der Waals surface area (Å²) in [5.74, 6) is 0.755. The van der Waals surface area contributed by atoms with Crippen LogP contribution in [0.4, 0.5) is 24.7 Å². The molecule has 1 amide bonds. The topological polar surface area (TPSA) is 80.5 Å². The highest BCUT2D eigenvalue weighted by atomic mass is 19.4. The molecule has 158 valence electrons. The molecule has 1 aliphatic rings. The zero-order chi connectivity index (χ0) is 21.5. The first-order chi connectivity index (χ1) is 14.2. The van der Waals surface area contributed by atoms with E-state index in [9.17, 15) is 18.0 Å². The lowest BCUT2D eigenvalue weighted by molar-refractivity contribution is -0.137. The van der Waals surface area contributed by atoms with Gasteiger partial charge in [-0.05, 0) is 32.0 Å². The van der Waals surface area contributed by atoms with E-state index in [0.717, 1.165) is 12.1 Å². The van der Waals surface area contributed by atoms with Gasteiger partial charge in [0.25, 0.3) is 5.91 Å². The Morgan fingerprint density at radius 3 is 2.60 bits per heavy atom. The summed E-state index contributed by atoms with van der Waals surface area (Å²) in [5, 5.41) is 2.97. The Morgan fingerprint density at radius 2 is 1.90 bits per heavy atom. The van der Waals surface area contributed by atoms with Crippen LogP contribution in [0.3, 0.4) is 0 Å². The summed E-state index contributed by atoms with van der Waals surface area (Å²) in [6.07, 6.45) is -4.51. The van der Waals surface area contributed by atoms with E-state index >= 15 is 0 Å². The van der Waals surface area contributed by atoms with Crippen molar-refractivity contribution in [3.8, 4) is 0 Å². The molecule has 1 fully saturated rings. The van der Waals surface area contributed by atoms with Crippen molar-refractivity contribution in [1.29, 1.82) is 0 Å². The molecule has 0 radical (unpaired) electrons. The molecule has 30 heavy (non-hydrogen) atoms. The number of amides is 1. The van der Waals surface area contributed by atoms with Crippen LogP contribution in [-0.4, -0.2) is 42.2 Å². The van der Waals surface area contributed by atoms with Crippen molar-refractivity contribution in [3.05, 3.63) is 47.0 Å². The van der Waals surface area contributed by atoms with Gasteiger partial charge in [0, 0.05) is 18.8 Å². The molecule has 1 saturated heterocycles. The number of fused-ring (bicyclic) bond motifs is 1. The molecule has 1 N–H and O–H groups in total. The summed E-state index contributed by atoms with van der Waals surface area (Å²) in [7, 11) is 0. The Kier molecular flexibility index (Phi) is 5.10. The van der Waals surface area contributed by atoms with Gasteiger partial charge in [-0.3, -0.25) is 4.79 Å². The highest BCUT2D eigenvalue weighted by Gasteiger charge is 2.31. The van der Waals surface area contributed by atoms with E-state index in [1.807, 2.05) is 4.90 Å². The number of hydrogen-bond donors (Lipinski definition) is 1. The van der Waals surface area contributed by atoms with Crippen LogP contribution < -0.4 is 10.2 Å². The molecule has 7 nitrogen and oxygen atoms in total. The molecule has 3 heterocycles. The molecule has 10 heteroatoms. The zero-order valence-corrected chi connectivity index (χ0v) is 16.3. The van der Waals surface area contributed by atoms with Crippen molar-refractivity contribution in [2.75, 3.05) is 36.5 Å². The van der Waals surface area contributed by atoms with Crippen LogP contribution in [0.2, 0.25) is 0 Å². The summed E-state index contributed by atoms with van der Waals surface area (Å²) in [4.78, 5) is 23.8. The van der Waals surface area contributed by atoms with E-state index < -0.39 is 17.6 Å². The molecule has 0 unspecified atom stereocenters. The van der Waals surface area contributed by atoms with E-state index in [2.05, 4.69) is 15.3 Å². The van der Waals surface area contributed by atoms with Gasteiger partial charge in [-0.25, -0.2) is 4.98 Å². The average molecular weight is 420 g/mol. The van der Waals surface area contributed by atoms with Crippen molar-refractivity contribution in [2.24, 2.45) is 0 Å². The molecule has 1 aromatic carbocycles. The maximum absolute atomic E-state index is 13.0. The fourth-order valence-electron chi connectivity index (χ4n) is 3.44. The molecular formula is C20H19F3N4O3. The number of alkyl halides is 3. The van der Waals surface area contributed by atoms with Crippen LogP contribution in [0.15, 0.2) is 28.7 Å². The third-order valence-electron chi connectivity index (χ3n) is 4.81. The summed E-state index contributed by atoms with van der Waals surface area (Å²) in [6.45, 7) is 5.56. The van der Waals surface area contributed by atoms with Crippen molar-refractivity contribution < 1.29 is 27.1 Å². The number of aromatic nitrogens is 2. The molecule has 0 atom stereocenters. The van der Waals surface area contributed by atoms with Crippen molar-refractivity contribution in [3.63, 3.8) is 0 Å². The first kappa shape index (κ1) is 20.1. The highest BCUT2D eigenvalue weighted by molar-refractivity contribution is 6.15. The molecule has 1 aliphatic heterocycles. The monoisotopic (exact) mass is 420 g/mol. The smallest absolute Gasteiger partial charge is 0.416 e. The second-order valence-electron chi connectivity index (χ2n) is 6.94. The molecule has 4 rings (SSSR count). The number of hydrogen-bond acceptors (Lipinski definition) is 6. The summed E-state index contributed by atoms with van der Waals surface area (Å²) < 4.78 is 50.0. The van der Waals surface area contributed by atoms with Crippen molar-refractivity contribution in [1.82, 2.24) is 9.97 Å². The minimum absolute atomic E-state index is 0.0320. The number of nitrogens with one attached hydrogen (secondary N) is 1. The van der Waals surface area contributed by atoms with E-state index in [-0.39, 0.29) is 17.0 Å². The summed E-state index contributed by atoms with van der Waals surface area (Å²) in [6, 6.07) is 4.47. The molecule has 3 aromatic rings. The van der Waals surface area contributed by atoms with Gasteiger partial charge in [-0.2, -0.15) is 18.2 Å². The molecule has 0 saturated carbocycles. The average Bonchev–Trinajstić information content (AvgIpc) is 3.03. The Bertz CT molecular complexity index is 1100. The number of furan rings is 1. The predicted octanol–water partition coefficient (Wildman–Crippen LogP) is 3.95. The third-order valence-corrected chi connectivity index (χ3v) is 4.81. The number of benzene rings is 1. The van der Waals surface area contributed by atoms with Crippen LogP contribution in [0.1, 0.15) is 27.5 Å². The lowest BCUT2D eigenvalue weighted by Gasteiger charge is -2.28. The first-order valence-electron chi connectivity index (χ1n) is 9.33. The van der Waals surface area contributed by atoms with Crippen LogP contribution in [0, 0.1) is 13.8 Å². The standard InChI is InChI=1S/C20H19F3N4O3/c1-11-15(18(28)26-14-5-3-4-13(10-14)20(21,22)23)16-17(27-6-8-29-9-7-27)24-12(2)25-19(16)30-11/h3-5,10H,6-9H2,1-2H3,(H,26,28). The highest BCUT2D eigenvalue weighted by Crippen LogP contribution is 2.34. The maximum Gasteiger partial charge on any atom is 0.416 e. The van der Waals surface area contributed by atoms with Gasteiger partial charge in [-0.15, -0.1) is 0 Å². The third kappa shape index (κ3) is 3.82. The van der Waals surface area contributed by atoms with E-state index in [0.29, 0.717) is 49.1 Å². The number of halogens is 3. The van der Waals surface area contributed by atoms with Crippen LogP contribution >= 0.6 is 0 Å². The predicted molar refractivity (Wildman–Crippen MR) is 104 cm³/mol. The van der Waals surface area contributed by atoms with Crippen molar-refractivity contribution >= 4 is 28.5 Å². The fraction of sp³-hybridized carbons (Fsp3) is 0.350. The second kappa shape index (κ2) is 7.60. The number of morpholine rings is 1. The number of carbonyl (C=O) groups is 1. The van der Waals surface area contributed by atoms with Gasteiger partial charge in [0.2, 0.25) is 5.71 Å². The molecule has 0 spiro atoms. The van der Waals surface area contributed by atoms with Gasteiger partial charge in [-0.1, -0.05) is 6.07 Å². The van der Waals surface area contributed by atoms with E-state index in [1.165, 1.54) is 12.1 Å². The molecular weight excluding hydrogens is 401 g/mol. The Labute approximate surface area is 169 Å². The van der Waals surface area contributed by atoms with Crippen LogP contribution in [0.5, 0.6) is 0 Å². The minimum Gasteiger partial charge on any atom is -0.442 e. The Morgan fingerprint density at radius 1 is 1.17 bits per heavy atom. The van der Waals surface area contributed by atoms with Crippen LogP contribution in [-0.2, 0) is 10.9 Å². The summed E-state index contributed by atoms with van der Waals surface area (Å²) in [5.41, 5.74) is -0.355. The number of nitrogens with zero attached hydrogens (tertiary/aromatic N) is 3. The molecule has 2 aromatic heterocycles. The second-order valence-corrected chi connectivity index (χ2v) is 6.94. The number of anilines is 2. The fourth-order valence-corrected chi connectivity index (χ4v) is 3.44. The summed E-state index contributed by atoms with van der Waals surface area (Å²) >= 11 is 0. The van der Waals surface area contributed by atoms with E-state index in [4.69, 9.17) is 9.15 Å². The van der Waals surface area contributed by atoms with Crippen molar-refractivity contribution in [2.45, 2.75) is 20.0 Å². The molecule has 0 bridgehead atoms. The number of ether oxygens (including phenoxy) is 1. The largest absolute Gasteiger partial charge is 0.442 e. The van der Waals surface area contributed by atoms with Gasteiger partial charge >= 0.3 is 6.18 Å². The number of rotatable bonds is 3. The lowest BCUT2D eigenvalue weighted by Crippen LogP contribution is -2.37. The van der Waals surface area contributed by atoms with Gasteiger partial charge in [0.1, 0.15) is 17.4 Å².